The first-order valence-corrected chi connectivity index (χ1v) is 28.5. The van der Waals surface area contributed by atoms with Gasteiger partial charge in [-0.1, -0.05) is 217 Å². The SMILES string of the molecule is CC/C=C\C/C=C\C/C=C\C/C=C\C/C=C\C/C=C\C/C=C\CCCCCCCCCCCC(=O)OC(COC(=O)CC/C=C\C/C=C\C/C=C\C/C=C\C/C=C\C/C=C\CC)COP(=O)(O)OCCN. The third-order valence-corrected chi connectivity index (χ3v) is 11.4. The molecule has 0 aliphatic carbocycles. The first-order valence-electron chi connectivity index (χ1n) is 27.0. The van der Waals surface area contributed by atoms with Crippen molar-refractivity contribution in [3.8, 4) is 0 Å². The molecule has 10 heteroatoms. The van der Waals surface area contributed by atoms with Crippen LogP contribution < -0.4 is 5.73 Å². The number of unbranched alkanes of at least 4 members (excludes halogenated alkanes) is 9. The van der Waals surface area contributed by atoms with E-state index in [-0.39, 0.29) is 32.6 Å². The van der Waals surface area contributed by atoms with Gasteiger partial charge in [0.25, 0.3) is 0 Å². The maximum absolute atomic E-state index is 12.7. The molecule has 0 aliphatic heterocycles. The van der Waals surface area contributed by atoms with Gasteiger partial charge in [-0.05, 0) is 109 Å². The van der Waals surface area contributed by atoms with Gasteiger partial charge >= 0.3 is 19.8 Å². The van der Waals surface area contributed by atoms with Gasteiger partial charge in [0.05, 0.1) is 13.2 Å². The van der Waals surface area contributed by atoms with Crippen LogP contribution >= 0.6 is 7.82 Å². The summed E-state index contributed by atoms with van der Waals surface area (Å²) >= 11 is 0. The largest absolute Gasteiger partial charge is 0.472 e. The first kappa shape index (κ1) is 66.6. The molecule has 0 radical (unpaired) electrons. The Balaban J connectivity index is 4.15. The van der Waals surface area contributed by atoms with Crippen LogP contribution in [-0.4, -0.2) is 49.3 Å². The van der Waals surface area contributed by atoms with E-state index in [1.54, 1.807) is 0 Å². The summed E-state index contributed by atoms with van der Waals surface area (Å²) in [6.07, 6.45) is 80.2. The smallest absolute Gasteiger partial charge is 0.462 e. The van der Waals surface area contributed by atoms with Crippen LogP contribution in [0.15, 0.2) is 158 Å². The van der Waals surface area contributed by atoms with Crippen molar-refractivity contribution in [2.45, 2.75) is 187 Å². The summed E-state index contributed by atoms with van der Waals surface area (Å²) < 4.78 is 32.9. The minimum atomic E-state index is -4.42. The molecule has 0 saturated carbocycles. The number of esters is 2. The fourth-order valence-corrected chi connectivity index (χ4v) is 7.29. The zero-order chi connectivity index (χ0) is 51.7. The second-order valence-corrected chi connectivity index (χ2v) is 18.4. The lowest BCUT2D eigenvalue weighted by molar-refractivity contribution is -0.161. The number of hydrogen-bond donors (Lipinski definition) is 2. The molecular formula is C61H96NO8P. The number of phosphoric acid groups is 1. The van der Waals surface area contributed by atoms with E-state index in [0.29, 0.717) is 12.8 Å². The molecule has 2 unspecified atom stereocenters. The summed E-state index contributed by atoms with van der Waals surface area (Å²) in [5, 5.41) is 0. The molecule has 3 N–H and O–H groups in total. The molecule has 0 spiro atoms. The molecule has 0 heterocycles. The van der Waals surface area contributed by atoms with E-state index < -0.39 is 32.5 Å². The van der Waals surface area contributed by atoms with Gasteiger partial charge in [0, 0.05) is 19.4 Å². The molecule has 0 aromatic carbocycles. The Kier molecular flexibility index (Phi) is 51.6. The highest BCUT2D eigenvalue weighted by atomic mass is 31.2. The van der Waals surface area contributed by atoms with Gasteiger partial charge in [-0.25, -0.2) is 4.57 Å². The lowest BCUT2D eigenvalue weighted by Crippen LogP contribution is -2.29. The fourth-order valence-electron chi connectivity index (χ4n) is 6.52. The van der Waals surface area contributed by atoms with Crippen LogP contribution in [0.4, 0.5) is 0 Å². The van der Waals surface area contributed by atoms with Crippen LogP contribution in [-0.2, 0) is 32.7 Å². The summed E-state index contributed by atoms with van der Waals surface area (Å²) in [6, 6.07) is 0. The predicted octanol–water partition coefficient (Wildman–Crippen LogP) is 16.9. The van der Waals surface area contributed by atoms with Crippen molar-refractivity contribution >= 4 is 19.8 Å². The fraction of sp³-hybridized carbons (Fsp3) is 0.541. The molecule has 0 bridgehead atoms. The summed E-state index contributed by atoms with van der Waals surface area (Å²) in [5.74, 6) is -0.948. The highest BCUT2D eigenvalue weighted by Gasteiger charge is 2.26. The van der Waals surface area contributed by atoms with Crippen molar-refractivity contribution in [3.05, 3.63) is 158 Å². The first-order chi connectivity index (χ1) is 34.8. The van der Waals surface area contributed by atoms with Gasteiger partial charge in [-0.15, -0.1) is 0 Å². The average molecular weight is 1000 g/mol. The number of ether oxygens (including phenoxy) is 2. The third-order valence-electron chi connectivity index (χ3n) is 10.4. The van der Waals surface area contributed by atoms with E-state index in [0.717, 1.165) is 109 Å². The van der Waals surface area contributed by atoms with Crippen LogP contribution in [0.1, 0.15) is 181 Å². The standard InChI is InChI=1S/C61H96NO8P/c1-3-5-7-9-11-13-15-17-19-21-23-24-25-26-27-28-29-30-31-32-33-34-36-38-40-42-44-46-48-50-52-54-61(64)70-59(58-69-71(65,66)68-56-55-62)57-67-60(63)53-51-49-47-45-43-41-39-37-35-22-20-18-16-14-12-10-8-6-4-2/h5-8,11-14,17-20,23-24,26-27,29-30,32-33,35,37,41,43,47,49,59H,3-4,9-10,15-16,21-22,25,28,31,34,36,38-40,42,44-46,48,50-58,62H2,1-2H3,(H,65,66)/b7-5-,8-6-,13-11-,14-12-,19-17-,20-18-,24-23-,27-26-,30-29-,33-32-,37-35-,43-41-,49-47-. The average Bonchev–Trinajstić information content (AvgIpc) is 3.36. The number of phosphoric ester groups is 1. The van der Waals surface area contributed by atoms with Crippen molar-refractivity contribution in [2.24, 2.45) is 5.73 Å². The van der Waals surface area contributed by atoms with Crippen molar-refractivity contribution in [1.82, 2.24) is 0 Å². The summed E-state index contributed by atoms with van der Waals surface area (Å²) in [7, 11) is -4.42. The molecule has 0 aromatic heterocycles. The number of rotatable bonds is 48. The Morgan fingerprint density at radius 1 is 0.423 bits per heavy atom. The molecule has 0 aliphatic rings. The van der Waals surface area contributed by atoms with Gasteiger partial charge in [0.2, 0.25) is 0 Å². The second-order valence-electron chi connectivity index (χ2n) is 17.0. The molecule has 0 saturated heterocycles. The van der Waals surface area contributed by atoms with Crippen LogP contribution in [0.2, 0.25) is 0 Å². The van der Waals surface area contributed by atoms with Crippen molar-refractivity contribution in [1.29, 1.82) is 0 Å². The molecular weight excluding hydrogens is 906 g/mol. The number of allylic oxidation sites excluding steroid dienone is 26. The molecule has 71 heavy (non-hydrogen) atoms. The summed E-state index contributed by atoms with van der Waals surface area (Å²) in [6.45, 7) is 3.39. The number of hydrogen-bond acceptors (Lipinski definition) is 8. The Morgan fingerprint density at radius 3 is 1.14 bits per heavy atom. The van der Waals surface area contributed by atoms with Gasteiger partial charge in [-0.3, -0.25) is 18.6 Å². The van der Waals surface area contributed by atoms with Crippen LogP contribution in [0.5, 0.6) is 0 Å². The number of carbonyl (C=O) groups excluding carboxylic acids is 2. The van der Waals surface area contributed by atoms with E-state index >= 15 is 0 Å². The lowest BCUT2D eigenvalue weighted by atomic mass is 10.1. The van der Waals surface area contributed by atoms with Gasteiger partial charge in [-0.2, -0.15) is 0 Å². The van der Waals surface area contributed by atoms with Gasteiger partial charge in [0.1, 0.15) is 6.61 Å². The quantitative estimate of drug-likeness (QED) is 0.0264. The minimum Gasteiger partial charge on any atom is -0.462 e. The Labute approximate surface area is 432 Å². The van der Waals surface area contributed by atoms with E-state index in [1.165, 1.54) is 32.1 Å². The van der Waals surface area contributed by atoms with Crippen molar-refractivity contribution < 1.29 is 37.6 Å². The molecule has 0 aromatic rings. The zero-order valence-electron chi connectivity index (χ0n) is 44.1. The maximum Gasteiger partial charge on any atom is 0.472 e. The molecule has 0 fully saturated rings. The van der Waals surface area contributed by atoms with E-state index in [1.807, 2.05) is 12.2 Å². The van der Waals surface area contributed by atoms with Crippen molar-refractivity contribution in [3.63, 3.8) is 0 Å². The Bertz CT molecular complexity index is 1710. The second kappa shape index (κ2) is 55.0. The van der Waals surface area contributed by atoms with Gasteiger partial charge in [0.15, 0.2) is 6.10 Å². The molecule has 0 rings (SSSR count). The van der Waals surface area contributed by atoms with E-state index in [2.05, 4.69) is 160 Å². The van der Waals surface area contributed by atoms with Gasteiger partial charge < -0.3 is 20.1 Å². The molecule has 9 nitrogen and oxygen atoms in total. The maximum atomic E-state index is 12.7. The zero-order valence-corrected chi connectivity index (χ0v) is 45.0. The minimum absolute atomic E-state index is 0.0336. The van der Waals surface area contributed by atoms with E-state index in [9.17, 15) is 19.0 Å². The highest BCUT2D eigenvalue weighted by Crippen LogP contribution is 2.43. The van der Waals surface area contributed by atoms with Crippen LogP contribution in [0.3, 0.4) is 0 Å². The highest BCUT2D eigenvalue weighted by molar-refractivity contribution is 7.47. The third kappa shape index (κ3) is 54.8. The number of nitrogens with two attached hydrogens (primary N) is 1. The predicted molar refractivity (Wildman–Crippen MR) is 302 cm³/mol. The summed E-state index contributed by atoms with van der Waals surface area (Å²) in [5.41, 5.74) is 5.37. The normalized spacial score (nSPS) is 14.4. The number of carbonyl (C=O) groups is 2. The molecule has 0 amide bonds. The molecule has 2 atom stereocenters. The Hall–Kier alpha value is -4.37. The van der Waals surface area contributed by atoms with Crippen LogP contribution in [0.25, 0.3) is 0 Å². The summed E-state index contributed by atoms with van der Waals surface area (Å²) in [4.78, 5) is 35.1. The topological polar surface area (TPSA) is 134 Å². The monoisotopic (exact) mass is 1000 g/mol. The Morgan fingerprint density at radius 2 is 0.761 bits per heavy atom. The van der Waals surface area contributed by atoms with Crippen molar-refractivity contribution in [2.75, 3.05) is 26.4 Å². The van der Waals surface area contributed by atoms with Crippen LogP contribution in [0, 0.1) is 0 Å². The van der Waals surface area contributed by atoms with E-state index in [4.69, 9.17) is 24.3 Å². The molecule has 398 valence electrons. The lowest BCUT2D eigenvalue weighted by Gasteiger charge is -2.19.